The van der Waals surface area contributed by atoms with Gasteiger partial charge in [0.1, 0.15) is 0 Å². The SMILES string of the molecule is Cc1cccc(CNC(=O)C2CSCN2)n1. The van der Waals surface area contributed by atoms with Crippen molar-refractivity contribution < 1.29 is 4.79 Å². The van der Waals surface area contributed by atoms with E-state index in [0.29, 0.717) is 6.54 Å². The summed E-state index contributed by atoms with van der Waals surface area (Å²) in [6, 6.07) is 5.77. The summed E-state index contributed by atoms with van der Waals surface area (Å²) < 4.78 is 0. The summed E-state index contributed by atoms with van der Waals surface area (Å²) in [6.07, 6.45) is 0. The lowest BCUT2D eigenvalue weighted by atomic mass is 10.3. The Balaban J connectivity index is 1.84. The number of nitrogens with one attached hydrogen (secondary N) is 2. The number of carbonyl (C=O) groups is 1. The first-order valence-electron chi connectivity index (χ1n) is 5.27. The van der Waals surface area contributed by atoms with Gasteiger partial charge >= 0.3 is 0 Å². The van der Waals surface area contributed by atoms with E-state index < -0.39 is 0 Å². The lowest BCUT2D eigenvalue weighted by Crippen LogP contribution is -2.41. The Morgan fingerprint density at radius 3 is 3.25 bits per heavy atom. The number of carbonyl (C=O) groups excluding carboxylic acids is 1. The van der Waals surface area contributed by atoms with Crippen molar-refractivity contribution in [1.29, 1.82) is 0 Å². The molecule has 0 aliphatic carbocycles. The topological polar surface area (TPSA) is 54.0 Å². The number of thioether (sulfide) groups is 1. The number of pyridine rings is 1. The first-order valence-corrected chi connectivity index (χ1v) is 6.42. The third kappa shape index (κ3) is 2.96. The molecule has 16 heavy (non-hydrogen) atoms. The average Bonchev–Trinajstić information content (AvgIpc) is 2.79. The van der Waals surface area contributed by atoms with Crippen molar-refractivity contribution in [3.8, 4) is 0 Å². The summed E-state index contributed by atoms with van der Waals surface area (Å²) in [4.78, 5) is 16.0. The fraction of sp³-hybridized carbons (Fsp3) is 0.455. The molecule has 1 amide bonds. The quantitative estimate of drug-likeness (QED) is 0.811. The van der Waals surface area contributed by atoms with E-state index in [2.05, 4.69) is 15.6 Å². The van der Waals surface area contributed by atoms with Crippen LogP contribution in [0.1, 0.15) is 11.4 Å². The lowest BCUT2D eigenvalue weighted by Gasteiger charge is -2.10. The van der Waals surface area contributed by atoms with Gasteiger partial charge in [-0.3, -0.25) is 15.1 Å². The first-order chi connectivity index (χ1) is 7.75. The second-order valence-electron chi connectivity index (χ2n) is 3.76. The summed E-state index contributed by atoms with van der Waals surface area (Å²) in [5.41, 5.74) is 1.88. The molecule has 1 aromatic heterocycles. The highest BCUT2D eigenvalue weighted by molar-refractivity contribution is 7.99. The van der Waals surface area contributed by atoms with Crippen molar-refractivity contribution in [2.24, 2.45) is 0 Å². The molecule has 1 aliphatic heterocycles. The van der Waals surface area contributed by atoms with Gasteiger partial charge in [-0.15, -0.1) is 11.8 Å². The molecule has 2 N–H and O–H groups in total. The molecule has 5 heteroatoms. The first kappa shape index (κ1) is 11.4. The Kier molecular flexibility index (Phi) is 3.79. The predicted molar refractivity (Wildman–Crippen MR) is 65.1 cm³/mol. The van der Waals surface area contributed by atoms with Gasteiger partial charge in [0.15, 0.2) is 0 Å². The highest BCUT2D eigenvalue weighted by Crippen LogP contribution is 2.09. The molecule has 2 rings (SSSR count). The van der Waals surface area contributed by atoms with Gasteiger partial charge in [0, 0.05) is 17.3 Å². The summed E-state index contributed by atoms with van der Waals surface area (Å²) >= 11 is 1.75. The van der Waals surface area contributed by atoms with Crippen LogP contribution in [-0.2, 0) is 11.3 Å². The molecular formula is C11H15N3OS. The van der Waals surface area contributed by atoms with E-state index in [1.54, 1.807) is 11.8 Å². The zero-order chi connectivity index (χ0) is 11.4. The normalized spacial score (nSPS) is 19.7. The fourth-order valence-electron chi connectivity index (χ4n) is 1.56. The summed E-state index contributed by atoms with van der Waals surface area (Å²) in [6.45, 7) is 2.45. The van der Waals surface area contributed by atoms with Crippen LogP contribution < -0.4 is 10.6 Å². The van der Waals surface area contributed by atoms with Gasteiger partial charge in [0.2, 0.25) is 5.91 Å². The molecule has 0 radical (unpaired) electrons. The second kappa shape index (κ2) is 5.32. The molecule has 0 spiro atoms. The van der Waals surface area contributed by atoms with E-state index >= 15 is 0 Å². The van der Waals surface area contributed by atoms with E-state index in [-0.39, 0.29) is 11.9 Å². The van der Waals surface area contributed by atoms with E-state index in [9.17, 15) is 4.79 Å². The standard InChI is InChI=1S/C11H15N3OS/c1-8-3-2-4-9(14-8)5-12-11(15)10-6-16-7-13-10/h2-4,10,13H,5-7H2,1H3,(H,12,15). The van der Waals surface area contributed by atoms with Crippen molar-refractivity contribution in [2.75, 3.05) is 11.6 Å². The molecule has 86 valence electrons. The molecule has 0 aromatic carbocycles. The van der Waals surface area contributed by atoms with Crippen molar-refractivity contribution in [2.45, 2.75) is 19.5 Å². The number of hydrogen-bond donors (Lipinski definition) is 2. The molecular weight excluding hydrogens is 222 g/mol. The summed E-state index contributed by atoms with van der Waals surface area (Å²) in [5.74, 6) is 1.78. The highest BCUT2D eigenvalue weighted by atomic mass is 32.2. The van der Waals surface area contributed by atoms with Gasteiger partial charge in [-0.2, -0.15) is 0 Å². The van der Waals surface area contributed by atoms with Crippen LogP contribution in [0.4, 0.5) is 0 Å². The summed E-state index contributed by atoms with van der Waals surface area (Å²) in [7, 11) is 0. The van der Waals surface area contributed by atoms with Gasteiger partial charge in [-0.1, -0.05) is 6.07 Å². The third-order valence-electron chi connectivity index (χ3n) is 2.42. The Bertz CT molecular complexity index is 377. The Hall–Kier alpha value is -1.07. The zero-order valence-corrected chi connectivity index (χ0v) is 10.0. The second-order valence-corrected chi connectivity index (χ2v) is 4.79. The number of amides is 1. The number of rotatable bonds is 3. The van der Waals surface area contributed by atoms with E-state index in [1.807, 2.05) is 25.1 Å². The molecule has 1 fully saturated rings. The summed E-state index contributed by atoms with van der Waals surface area (Å²) in [5, 5.41) is 6.03. The minimum atomic E-state index is -0.0465. The predicted octanol–water partition coefficient (Wildman–Crippen LogP) is 0.669. The zero-order valence-electron chi connectivity index (χ0n) is 9.19. The van der Waals surface area contributed by atoms with Gasteiger partial charge in [0.25, 0.3) is 0 Å². The van der Waals surface area contributed by atoms with Crippen molar-refractivity contribution in [3.63, 3.8) is 0 Å². The highest BCUT2D eigenvalue weighted by Gasteiger charge is 2.21. The van der Waals surface area contributed by atoms with Crippen molar-refractivity contribution in [1.82, 2.24) is 15.6 Å². The number of aromatic nitrogens is 1. The molecule has 2 heterocycles. The molecule has 1 atom stereocenters. The van der Waals surface area contributed by atoms with Crippen LogP contribution in [0.3, 0.4) is 0 Å². The molecule has 0 bridgehead atoms. The third-order valence-corrected chi connectivity index (χ3v) is 3.36. The van der Waals surface area contributed by atoms with Gasteiger partial charge in [0.05, 0.1) is 18.3 Å². The van der Waals surface area contributed by atoms with E-state index in [1.165, 1.54) is 0 Å². The number of nitrogens with zero attached hydrogens (tertiary/aromatic N) is 1. The Morgan fingerprint density at radius 2 is 2.56 bits per heavy atom. The molecule has 4 nitrogen and oxygen atoms in total. The molecule has 1 aromatic rings. The van der Waals surface area contributed by atoms with Gasteiger partial charge in [-0.25, -0.2) is 0 Å². The smallest absolute Gasteiger partial charge is 0.238 e. The monoisotopic (exact) mass is 237 g/mol. The molecule has 1 aliphatic rings. The largest absolute Gasteiger partial charge is 0.349 e. The van der Waals surface area contributed by atoms with Crippen molar-refractivity contribution in [3.05, 3.63) is 29.6 Å². The molecule has 1 saturated heterocycles. The van der Waals surface area contributed by atoms with Crippen LogP contribution in [-0.4, -0.2) is 28.6 Å². The molecule has 0 saturated carbocycles. The van der Waals surface area contributed by atoms with Crippen molar-refractivity contribution >= 4 is 17.7 Å². The van der Waals surface area contributed by atoms with Gasteiger partial charge < -0.3 is 5.32 Å². The van der Waals surface area contributed by atoms with E-state index in [0.717, 1.165) is 23.0 Å². The minimum Gasteiger partial charge on any atom is -0.349 e. The number of aryl methyl sites for hydroxylation is 1. The fourth-order valence-corrected chi connectivity index (χ4v) is 2.50. The maximum Gasteiger partial charge on any atom is 0.238 e. The van der Waals surface area contributed by atoms with E-state index in [4.69, 9.17) is 0 Å². The molecule has 1 unspecified atom stereocenters. The van der Waals surface area contributed by atoms with Crippen LogP contribution in [0, 0.1) is 6.92 Å². The number of hydrogen-bond acceptors (Lipinski definition) is 4. The van der Waals surface area contributed by atoms with Crippen LogP contribution >= 0.6 is 11.8 Å². The van der Waals surface area contributed by atoms with Crippen LogP contribution in [0.25, 0.3) is 0 Å². The minimum absolute atomic E-state index is 0.0465. The van der Waals surface area contributed by atoms with Crippen LogP contribution in [0.5, 0.6) is 0 Å². The van der Waals surface area contributed by atoms with Crippen LogP contribution in [0.15, 0.2) is 18.2 Å². The maximum atomic E-state index is 11.7. The Morgan fingerprint density at radius 1 is 1.69 bits per heavy atom. The van der Waals surface area contributed by atoms with Crippen LogP contribution in [0.2, 0.25) is 0 Å². The Labute approximate surface area is 99.2 Å². The average molecular weight is 237 g/mol. The maximum absolute atomic E-state index is 11.7. The lowest BCUT2D eigenvalue weighted by molar-refractivity contribution is -0.122. The van der Waals surface area contributed by atoms with Gasteiger partial charge in [-0.05, 0) is 19.1 Å².